The SMILES string of the molecule is O=c1[nH][nH]c(=O)[nH]1.[NaH].[NaH]. The molecule has 5 nitrogen and oxygen atoms in total. The van der Waals surface area contributed by atoms with Crippen LogP contribution in [0.3, 0.4) is 0 Å². The first-order chi connectivity index (χ1) is 3.29. The van der Waals surface area contributed by atoms with Crippen LogP contribution in [0.1, 0.15) is 0 Å². The van der Waals surface area contributed by atoms with Crippen LogP contribution in [0, 0.1) is 0 Å². The molecule has 0 bridgehead atoms. The standard InChI is InChI=1S/C2H3N3O2.2Na.2H/c6-1-3-2(7)5-4-1;;;;/h(H3,3,4,5,6,7);;;;. The van der Waals surface area contributed by atoms with Gasteiger partial charge in [0.25, 0.3) is 0 Å². The molecule has 0 aliphatic carbocycles. The molecule has 1 aromatic rings. The second kappa shape index (κ2) is 5.52. The van der Waals surface area contributed by atoms with Gasteiger partial charge in [0.1, 0.15) is 0 Å². The van der Waals surface area contributed by atoms with Gasteiger partial charge in [-0.15, -0.1) is 0 Å². The molecule has 9 heavy (non-hydrogen) atoms. The minimum absolute atomic E-state index is 0. The van der Waals surface area contributed by atoms with Crippen LogP contribution >= 0.6 is 0 Å². The van der Waals surface area contributed by atoms with Crippen molar-refractivity contribution in [3.63, 3.8) is 0 Å². The number of aromatic amines is 3. The molecule has 42 valence electrons. The first-order valence-corrected chi connectivity index (χ1v) is 1.66. The van der Waals surface area contributed by atoms with Crippen LogP contribution in [0.25, 0.3) is 0 Å². The van der Waals surface area contributed by atoms with Crippen molar-refractivity contribution >= 4 is 59.1 Å². The second-order valence-corrected chi connectivity index (χ2v) is 1.03. The predicted octanol–water partition coefficient (Wildman–Crippen LogP) is -2.91. The second-order valence-electron chi connectivity index (χ2n) is 1.03. The summed E-state index contributed by atoms with van der Waals surface area (Å²) in [5.74, 6) is 0. The number of hydrogen-bond donors (Lipinski definition) is 3. The van der Waals surface area contributed by atoms with Crippen LogP contribution in [0.4, 0.5) is 0 Å². The van der Waals surface area contributed by atoms with Crippen LogP contribution in [-0.2, 0) is 0 Å². The Morgan fingerprint density at radius 1 is 0.889 bits per heavy atom. The fourth-order valence-corrected chi connectivity index (χ4v) is 0.279. The van der Waals surface area contributed by atoms with Crippen molar-refractivity contribution in [1.29, 1.82) is 0 Å². The Morgan fingerprint density at radius 2 is 1.22 bits per heavy atom. The van der Waals surface area contributed by atoms with Crippen molar-refractivity contribution in [2.75, 3.05) is 0 Å². The van der Waals surface area contributed by atoms with Crippen LogP contribution in [-0.4, -0.2) is 74.3 Å². The quantitative estimate of drug-likeness (QED) is 0.346. The van der Waals surface area contributed by atoms with Crippen molar-refractivity contribution in [2.45, 2.75) is 0 Å². The average molecular weight is 149 g/mol. The number of hydrogen-bond acceptors (Lipinski definition) is 2. The van der Waals surface area contributed by atoms with E-state index in [0.717, 1.165) is 0 Å². The van der Waals surface area contributed by atoms with Gasteiger partial charge in [-0.3, -0.25) is 4.98 Å². The maximum absolute atomic E-state index is 9.95. The molecule has 0 unspecified atom stereocenters. The summed E-state index contributed by atoms with van der Waals surface area (Å²) in [6, 6.07) is 0. The van der Waals surface area contributed by atoms with Gasteiger partial charge in [-0.2, -0.15) is 0 Å². The van der Waals surface area contributed by atoms with Crippen molar-refractivity contribution in [2.24, 2.45) is 0 Å². The summed E-state index contributed by atoms with van der Waals surface area (Å²) >= 11 is 0. The molecule has 1 rings (SSSR count). The Balaban J connectivity index is 0. The molecule has 7 heteroatoms. The van der Waals surface area contributed by atoms with E-state index in [4.69, 9.17) is 0 Å². The third kappa shape index (κ3) is 4.19. The zero-order chi connectivity index (χ0) is 5.28. The molecular weight excluding hydrogens is 144 g/mol. The molecular formula is C2H5N3Na2O2. The first-order valence-electron chi connectivity index (χ1n) is 1.66. The van der Waals surface area contributed by atoms with E-state index < -0.39 is 11.4 Å². The van der Waals surface area contributed by atoms with Gasteiger partial charge < -0.3 is 0 Å². The number of H-pyrrole nitrogens is 3. The molecule has 0 aromatic carbocycles. The van der Waals surface area contributed by atoms with Gasteiger partial charge in [-0.1, -0.05) is 0 Å². The van der Waals surface area contributed by atoms with Crippen molar-refractivity contribution in [3.05, 3.63) is 21.0 Å². The van der Waals surface area contributed by atoms with Crippen molar-refractivity contribution < 1.29 is 0 Å². The Kier molecular flexibility index (Phi) is 7.62. The number of nitrogens with one attached hydrogen (secondary N) is 3. The average Bonchev–Trinajstić information content (AvgIpc) is 1.87. The zero-order valence-electron chi connectivity index (χ0n) is 3.32. The van der Waals surface area contributed by atoms with Gasteiger partial charge in [0.15, 0.2) is 0 Å². The molecule has 0 aliphatic heterocycles. The molecule has 1 heterocycles. The summed E-state index contributed by atoms with van der Waals surface area (Å²) in [7, 11) is 0. The van der Waals surface area contributed by atoms with E-state index in [1.54, 1.807) is 0 Å². The summed E-state index contributed by atoms with van der Waals surface area (Å²) in [5.41, 5.74) is -1.02. The van der Waals surface area contributed by atoms with E-state index in [9.17, 15) is 9.59 Å². The molecule has 0 amide bonds. The Hall–Kier alpha value is 0.740. The normalized spacial score (nSPS) is 7.11. The van der Waals surface area contributed by atoms with Gasteiger partial charge in [-0.05, 0) is 0 Å². The first kappa shape index (κ1) is 12.4. The fourth-order valence-electron chi connectivity index (χ4n) is 0.279. The fraction of sp³-hybridized carbons (Fsp3) is 0. The Morgan fingerprint density at radius 3 is 1.33 bits per heavy atom. The van der Waals surface area contributed by atoms with Crippen molar-refractivity contribution in [3.8, 4) is 0 Å². The monoisotopic (exact) mass is 149 g/mol. The van der Waals surface area contributed by atoms with Crippen LogP contribution in [0.5, 0.6) is 0 Å². The third-order valence-electron chi connectivity index (χ3n) is 0.517. The molecule has 0 radical (unpaired) electrons. The predicted molar refractivity (Wildman–Crippen MR) is 36.3 cm³/mol. The van der Waals surface area contributed by atoms with E-state index in [1.807, 2.05) is 15.2 Å². The summed E-state index contributed by atoms with van der Waals surface area (Å²) in [6.45, 7) is 0. The molecule has 0 saturated carbocycles. The van der Waals surface area contributed by atoms with Gasteiger partial charge >= 0.3 is 70.5 Å². The van der Waals surface area contributed by atoms with E-state index in [2.05, 4.69) is 0 Å². The molecule has 0 aliphatic rings. The third-order valence-corrected chi connectivity index (χ3v) is 0.517. The van der Waals surface area contributed by atoms with Gasteiger partial charge in [0.2, 0.25) is 0 Å². The minimum atomic E-state index is -0.509. The van der Waals surface area contributed by atoms with Gasteiger partial charge in [-0.25, -0.2) is 19.8 Å². The zero-order valence-corrected chi connectivity index (χ0v) is 3.32. The van der Waals surface area contributed by atoms with Crippen molar-refractivity contribution in [1.82, 2.24) is 15.2 Å². The summed E-state index contributed by atoms with van der Waals surface area (Å²) in [5, 5.41) is 4.04. The van der Waals surface area contributed by atoms with Crippen LogP contribution in [0.2, 0.25) is 0 Å². The van der Waals surface area contributed by atoms with Crippen LogP contribution in [0.15, 0.2) is 9.59 Å². The number of aromatic nitrogens is 3. The maximum atomic E-state index is 9.95. The van der Waals surface area contributed by atoms with Crippen LogP contribution < -0.4 is 11.4 Å². The number of rotatable bonds is 0. The summed E-state index contributed by atoms with van der Waals surface area (Å²) < 4.78 is 0. The molecule has 1 aromatic heterocycles. The molecule has 0 spiro atoms. The molecule has 3 N–H and O–H groups in total. The summed E-state index contributed by atoms with van der Waals surface area (Å²) in [4.78, 5) is 21.8. The Bertz CT molecular complexity index is 222. The molecule has 0 fully saturated rings. The van der Waals surface area contributed by atoms with E-state index in [-0.39, 0.29) is 59.1 Å². The van der Waals surface area contributed by atoms with E-state index in [1.165, 1.54) is 0 Å². The van der Waals surface area contributed by atoms with E-state index >= 15 is 0 Å². The topological polar surface area (TPSA) is 81.5 Å². The van der Waals surface area contributed by atoms with Gasteiger partial charge in [0, 0.05) is 0 Å². The summed E-state index contributed by atoms with van der Waals surface area (Å²) in [6.07, 6.45) is 0. The Labute approximate surface area is 94.2 Å². The van der Waals surface area contributed by atoms with Gasteiger partial charge in [0.05, 0.1) is 0 Å². The molecule has 0 saturated heterocycles. The van der Waals surface area contributed by atoms with E-state index in [0.29, 0.717) is 0 Å². The molecule has 0 atom stereocenters.